The molecule has 0 amide bonds. The van der Waals surface area contributed by atoms with Crippen molar-refractivity contribution in [2.24, 2.45) is 5.73 Å². The SMILES string of the molecule is CC1(Cc2ccco2)OCC(CN)O1. The van der Waals surface area contributed by atoms with E-state index in [0.717, 1.165) is 5.76 Å². The molecule has 2 atom stereocenters. The first-order valence-corrected chi connectivity index (χ1v) is 4.76. The molecule has 0 bridgehead atoms. The van der Waals surface area contributed by atoms with Gasteiger partial charge in [-0.25, -0.2) is 0 Å². The highest BCUT2D eigenvalue weighted by Crippen LogP contribution is 2.26. The zero-order valence-corrected chi connectivity index (χ0v) is 8.23. The third kappa shape index (κ3) is 1.97. The summed E-state index contributed by atoms with van der Waals surface area (Å²) in [5, 5.41) is 0. The molecule has 0 aliphatic carbocycles. The lowest BCUT2D eigenvalue weighted by Crippen LogP contribution is -2.31. The van der Waals surface area contributed by atoms with Crippen LogP contribution >= 0.6 is 0 Å². The lowest BCUT2D eigenvalue weighted by molar-refractivity contribution is -0.153. The zero-order valence-electron chi connectivity index (χ0n) is 8.23. The van der Waals surface area contributed by atoms with Crippen LogP contribution in [0.3, 0.4) is 0 Å². The highest BCUT2D eigenvalue weighted by atomic mass is 16.7. The number of hydrogen-bond acceptors (Lipinski definition) is 4. The van der Waals surface area contributed by atoms with E-state index in [9.17, 15) is 0 Å². The molecule has 2 heterocycles. The van der Waals surface area contributed by atoms with Gasteiger partial charge in [0, 0.05) is 6.54 Å². The molecule has 2 rings (SSSR count). The van der Waals surface area contributed by atoms with E-state index in [4.69, 9.17) is 19.6 Å². The van der Waals surface area contributed by atoms with Crippen molar-refractivity contribution in [1.82, 2.24) is 0 Å². The van der Waals surface area contributed by atoms with Crippen LogP contribution in [-0.4, -0.2) is 25.0 Å². The molecule has 0 saturated carbocycles. The van der Waals surface area contributed by atoms with Gasteiger partial charge < -0.3 is 19.6 Å². The lowest BCUT2D eigenvalue weighted by Gasteiger charge is -2.21. The summed E-state index contributed by atoms with van der Waals surface area (Å²) in [5.74, 6) is 0.284. The number of furan rings is 1. The van der Waals surface area contributed by atoms with Crippen molar-refractivity contribution in [3.8, 4) is 0 Å². The third-order valence-electron chi connectivity index (χ3n) is 2.33. The van der Waals surface area contributed by atoms with Crippen molar-refractivity contribution in [3.63, 3.8) is 0 Å². The van der Waals surface area contributed by atoms with Gasteiger partial charge in [0.2, 0.25) is 0 Å². The van der Waals surface area contributed by atoms with Gasteiger partial charge in [0.15, 0.2) is 5.79 Å². The van der Waals surface area contributed by atoms with Crippen molar-refractivity contribution < 1.29 is 13.9 Å². The normalized spacial score (nSPS) is 32.3. The summed E-state index contributed by atoms with van der Waals surface area (Å²) in [7, 11) is 0. The Morgan fingerprint density at radius 1 is 1.64 bits per heavy atom. The molecular weight excluding hydrogens is 182 g/mol. The molecule has 1 fully saturated rings. The quantitative estimate of drug-likeness (QED) is 0.782. The second kappa shape index (κ2) is 3.73. The molecule has 1 saturated heterocycles. The average Bonchev–Trinajstić information content (AvgIpc) is 2.76. The van der Waals surface area contributed by atoms with Crippen LogP contribution in [0.1, 0.15) is 12.7 Å². The zero-order chi connectivity index (χ0) is 10.0. The maximum Gasteiger partial charge on any atom is 0.173 e. The monoisotopic (exact) mass is 197 g/mol. The van der Waals surface area contributed by atoms with Gasteiger partial charge >= 0.3 is 0 Å². The predicted molar refractivity (Wildman–Crippen MR) is 50.7 cm³/mol. The van der Waals surface area contributed by atoms with Crippen molar-refractivity contribution >= 4 is 0 Å². The van der Waals surface area contributed by atoms with E-state index < -0.39 is 5.79 Å². The maximum atomic E-state index is 5.66. The van der Waals surface area contributed by atoms with Gasteiger partial charge in [-0.15, -0.1) is 0 Å². The Kier molecular flexibility index (Phi) is 2.58. The summed E-state index contributed by atoms with van der Waals surface area (Å²) in [6, 6.07) is 3.77. The standard InChI is InChI=1S/C10H15NO3/c1-10(5-8-3-2-4-12-8)13-7-9(6-11)14-10/h2-4,9H,5-7,11H2,1H3. The number of nitrogens with two attached hydrogens (primary N) is 1. The molecule has 1 aliphatic heterocycles. The minimum Gasteiger partial charge on any atom is -0.469 e. The Labute approximate surface area is 83.0 Å². The Hall–Kier alpha value is -0.840. The lowest BCUT2D eigenvalue weighted by atomic mass is 10.2. The predicted octanol–water partition coefficient (Wildman–Crippen LogP) is 0.912. The number of ether oxygens (including phenoxy) is 2. The molecule has 0 spiro atoms. The Balaban J connectivity index is 1.97. The third-order valence-corrected chi connectivity index (χ3v) is 2.33. The number of hydrogen-bond donors (Lipinski definition) is 1. The topological polar surface area (TPSA) is 57.6 Å². The second-order valence-electron chi connectivity index (χ2n) is 3.68. The van der Waals surface area contributed by atoms with E-state index in [1.54, 1.807) is 6.26 Å². The van der Waals surface area contributed by atoms with E-state index in [0.29, 0.717) is 19.6 Å². The van der Waals surface area contributed by atoms with Crippen LogP contribution in [0.15, 0.2) is 22.8 Å². The van der Waals surface area contributed by atoms with Gasteiger partial charge in [-0.05, 0) is 19.1 Å². The van der Waals surface area contributed by atoms with Crippen LogP contribution in [0.25, 0.3) is 0 Å². The molecule has 2 unspecified atom stereocenters. The van der Waals surface area contributed by atoms with Crippen LogP contribution < -0.4 is 5.73 Å². The van der Waals surface area contributed by atoms with Gasteiger partial charge in [-0.2, -0.15) is 0 Å². The summed E-state index contributed by atoms with van der Waals surface area (Å²) in [5.41, 5.74) is 5.50. The maximum absolute atomic E-state index is 5.66. The van der Waals surface area contributed by atoms with Crippen molar-refractivity contribution in [3.05, 3.63) is 24.2 Å². The minimum absolute atomic E-state index is 0.00922. The molecule has 0 aromatic carbocycles. The molecule has 78 valence electrons. The summed E-state index contributed by atoms with van der Waals surface area (Å²) in [6.45, 7) is 2.96. The van der Waals surface area contributed by atoms with Gasteiger partial charge in [-0.1, -0.05) is 0 Å². The second-order valence-corrected chi connectivity index (χ2v) is 3.68. The van der Waals surface area contributed by atoms with Crippen LogP contribution in [-0.2, 0) is 15.9 Å². The van der Waals surface area contributed by atoms with Crippen LogP contribution in [0, 0.1) is 0 Å². The van der Waals surface area contributed by atoms with E-state index in [1.807, 2.05) is 19.1 Å². The molecule has 1 aromatic rings. The van der Waals surface area contributed by atoms with Crippen LogP contribution in [0.5, 0.6) is 0 Å². The van der Waals surface area contributed by atoms with E-state index >= 15 is 0 Å². The first kappa shape index (κ1) is 9.71. The van der Waals surface area contributed by atoms with E-state index in [-0.39, 0.29) is 6.10 Å². The molecule has 1 aliphatic rings. The number of rotatable bonds is 3. The Morgan fingerprint density at radius 2 is 2.50 bits per heavy atom. The fraction of sp³-hybridized carbons (Fsp3) is 0.600. The first-order valence-electron chi connectivity index (χ1n) is 4.76. The molecule has 4 nitrogen and oxygen atoms in total. The Bertz CT molecular complexity index is 286. The van der Waals surface area contributed by atoms with Crippen molar-refractivity contribution in [2.45, 2.75) is 25.2 Å². The summed E-state index contributed by atoms with van der Waals surface area (Å²) in [6.07, 6.45) is 2.28. The summed E-state index contributed by atoms with van der Waals surface area (Å²) in [4.78, 5) is 0. The molecule has 1 aromatic heterocycles. The fourth-order valence-electron chi connectivity index (χ4n) is 1.63. The van der Waals surface area contributed by atoms with E-state index in [2.05, 4.69) is 0 Å². The highest BCUT2D eigenvalue weighted by molar-refractivity contribution is 5.01. The Morgan fingerprint density at radius 3 is 3.07 bits per heavy atom. The summed E-state index contributed by atoms with van der Waals surface area (Å²) < 4.78 is 16.5. The smallest absolute Gasteiger partial charge is 0.173 e. The van der Waals surface area contributed by atoms with Gasteiger partial charge in [0.1, 0.15) is 5.76 Å². The minimum atomic E-state index is -0.581. The van der Waals surface area contributed by atoms with Crippen molar-refractivity contribution in [1.29, 1.82) is 0 Å². The van der Waals surface area contributed by atoms with Crippen molar-refractivity contribution in [2.75, 3.05) is 13.2 Å². The van der Waals surface area contributed by atoms with Gasteiger partial charge in [0.25, 0.3) is 0 Å². The fourth-order valence-corrected chi connectivity index (χ4v) is 1.63. The molecule has 2 N–H and O–H groups in total. The van der Waals surface area contributed by atoms with Crippen LogP contribution in [0.4, 0.5) is 0 Å². The van der Waals surface area contributed by atoms with Crippen LogP contribution in [0.2, 0.25) is 0 Å². The molecule has 0 radical (unpaired) electrons. The highest BCUT2D eigenvalue weighted by Gasteiger charge is 2.37. The van der Waals surface area contributed by atoms with Gasteiger partial charge in [-0.3, -0.25) is 0 Å². The average molecular weight is 197 g/mol. The summed E-state index contributed by atoms with van der Waals surface area (Å²) >= 11 is 0. The molecular formula is C10H15NO3. The molecule has 4 heteroatoms. The first-order chi connectivity index (χ1) is 6.72. The van der Waals surface area contributed by atoms with E-state index in [1.165, 1.54) is 0 Å². The molecule has 14 heavy (non-hydrogen) atoms. The van der Waals surface area contributed by atoms with Gasteiger partial charge in [0.05, 0.1) is 25.4 Å². The largest absolute Gasteiger partial charge is 0.469 e.